The maximum Gasteiger partial charge on any atom is 0.232 e. The third kappa shape index (κ3) is 5.69. The van der Waals surface area contributed by atoms with Crippen molar-refractivity contribution >= 4 is 0 Å². The van der Waals surface area contributed by atoms with Crippen molar-refractivity contribution in [2.75, 3.05) is 55.9 Å². The van der Waals surface area contributed by atoms with Gasteiger partial charge in [0.1, 0.15) is 23.7 Å². The average molecular weight is 494 g/mol. The van der Waals surface area contributed by atoms with Gasteiger partial charge in [0.2, 0.25) is 24.1 Å². The Morgan fingerprint density at radius 2 is 0.886 bits per heavy atom. The standard InChI is InChI=1S/C24H30O11/c1-25-15-7-13(8-16(26-2)21(15)29-5)33-23(19-11-31-19)35-24(20-12-32-20)34-14-9-17(27-3)22(30-6)18(10-14)28-4/h7-10,19-20,23-24H,11-12H2,1-6H3. The van der Waals surface area contributed by atoms with Crippen LogP contribution >= 0.6 is 0 Å². The molecule has 2 fully saturated rings. The van der Waals surface area contributed by atoms with Crippen molar-refractivity contribution in [3.05, 3.63) is 24.3 Å². The fourth-order valence-corrected chi connectivity index (χ4v) is 3.46. The minimum atomic E-state index is -0.783. The Bertz CT molecular complexity index is 873. The topological polar surface area (TPSA) is 108 Å². The van der Waals surface area contributed by atoms with E-state index in [9.17, 15) is 0 Å². The molecule has 192 valence electrons. The summed E-state index contributed by atoms with van der Waals surface area (Å²) in [6.45, 7) is 0.967. The summed E-state index contributed by atoms with van der Waals surface area (Å²) in [5.74, 6) is 3.61. The van der Waals surface area contributed by atoms with E-state index in [4.69, 9.17) is 52.1 Å². The van der Waals surface area contributed by atoms with Crippen molar-refractivity contribution in [3.8, 4) is 46.0 Å². The molecule has 0 saturated carbocycles. The van der Waals surface area contributed by atoms with Crippen molar-refractivity contribution in [2.45, 2.75) is 24.8 Å². The second kappa shape index (κ2) is 11.0. The zero-order valence-corrected chi connectivity index (χ0v) is 20.5. The van der Waals surface area contributed by atoms with E-state index in [1.807, 2.05) is 0 Å². The second-order valence-corrected chi connectivity index (χ2v) is 7.57. The molecule has 0 N–H and O–H groups in total. The molecule has 4 unspecified atom stereocenters. The predicted octanol–water partition coefficient (Wildman–Crippen LogP) is 2.66. The number of ether oxygens (including phenoxy) is 11. The highest BCUT2D eigenvalue weighted by Crippen LogP contribution is 2.43. The van der Waals surface area contributed by atoms with Crippen molar-refractivity contribution in [3.63, 3.8) is 0 Å². The number of hydrogen-bond donors (Lipinski definition) is 0. The maximum absolute atomic E-state index is 6.19. The third-order valence-corrected chi connectivity index (χ3v) is 5.37. The molecule has 2 aromatic rings. The molecule has 35 heavy (non-hydrogen) atoms. The highest BCUT2D eigenvalue weighted by atomic mass is 16.8. The summed E-state index contributed by atoms with van der Waals surface area (Å²) in [4.78, 5) is 0. The van der Waals surface area contributed by atoms with Gasteiger partial charge in [-0.2, -0.15) is 0 Å². The molecule has 0 spiro atoms. The molecule has 2 aliphatic rings. The molecule has 0 aliphatic carbocycles. The molecule has 4 atom stereocenters. The summed E-state index contributed by atoms with van der Waals surface area (Å²) in [5, 5.41) is 0. The first kappa shape index (κ1) is 24.8. The number of hydrogen-bond acceptors (Lipinski definition) is 11. The van der Waals surface area contributed by atoms with Crippen molar-refractivity contribution < 1.29 is 52.1 Å². The number of benzene rings is 2. The fourth-order valence-electron chi connectivity index (χ4n) is 3.46. The molecule has 0 amide bonds. The summed E-state index contributed by atoms with van der Waals surface area (Å²) in [5.41, 5.74) is 0. The van der Waals surface area contributed by atoms with E-state index in [1.54, 1.807) is 24.3 Å². The Morgan fingerprint density at radius 1 is 0.571 bits per heavy atom. The normalized spacial score (nSPS) is 19.7. The molecule has 11 heteroatoms. The van der Waals surface area contributed by atoms with E-state index in [1.165, 1.54) is 42.7 Å². The summed E-state index contributed by atoms with van der Waals surface area (Å²) >= 11 is 0. The molecule has 0 bridgehead atoms. The molecule has 0 radical (unpaired) electrons. The summed E-state index contributed by atoms with van der Waals surface area (Å²) in [7, 11) is 9.20. The van der Waals surface area contributed by atoms with Crippen LogP contribution in [-0.2, 0) is 14.2 Å². The van der Waals surface area contributed by atoms with Crippen LogP contribution in [0.4, 0.5) is 0 Å². The molecule has 11 nitrogen and oxygen atoms in total. The molecule has 4 rings (SSSR count). The van der Waals surface area contributed by atoms with Gasteiger partial charge in [-0.1, -0.05) is 0 Å². The Morgan fingerprint density at radius 3 is 1.11 bits per heavy atom. The highest BCUT2D eigenvalue weighted by molar-refractivity contribution is 5.56. The van der Waals surface area contributed by atoms with Gasteiger partial charge < -0.3 is 47.4 Å². The van der Waals surface area contributed by atoms with Crippen molar-refractivity contribution in [1.29, 1.82) is 0 Å². The fraction of sp³-hybridized carbons (Fsp3) is 0.500. The predicted molar refractivity (Wildman–Crippen MR) is 122 cm³/mol. The van der Waals surface area contributed by atoms with E-state index in [0.29, 0.717) is 59.2 Å². The lowest BCUT2D eigenvalue weighted by Gasteiger charge is -2.25. The third-order valence-electron chi connectivity index (χ3n) is 5.37. The smallest absolute Gasteiger partial charge is 0.232 e. The quantitative estimate of drug-likeness (QED) is 0.286. The lowest BCUT2D eigenvalue weighted by Crippen LogP contribution is -2.37. The van der Waals surface area contributed by atoms with E-state index >= 15 is 0 Å². The summed E-state index contributed by atoms with van der Waals surface area (Å²) in [6.07, 6.45) is -2.12. The maximum atomic E-state index is 6.19. The largest absolute Gasteiger partial charge is 0.493 e. The Balaban J connectivity index is 1.55. The van der Waals surface area contributed by atoms with E-state index in [2.05, 4.69) is 0 Å². The molecule has 0 aromatic heterocycles. The molecule has 2 saturated heterocycles. The molecular formula is C24H30O11. The SMILES string of the molecule is COc1cc(OC(OC(Oc2cc(OC)c(OC)c(OC)c2)C2CO2)C2CO2)cc(OC)c1OC. The van der Waals surface area contributed by atoms with Gasteiger partial charge in [0.15, 0.2) is 23.0 Å². The Hall–Kier alpha value is -3.28. The van der Waals surface area contributed by atoms with E-state index < -0.39 is 12.6 Å². The van der Waals surface area contributed by atoms with Crippen LogP contribution in [0.1, 0.15) is 0 Å². The van der Waals surface area contributed by atoms with Crippen LogP contribution in [0.5, 0.6) is 46.0 Å². The first-order valence-electron chi connectivity index (χ1n) is 10.9. The lowest BCUT2D eigenvalue weighted by atomic mass is 10.2. The van der Waals surface area contributed by atoms with Crippen LogP contribution < -0.4 is 37.9 Å². The van der Waals surface area contributed by atoms with Crippen LogP contribution in [0.2, 0.25) is 0 Å². The van der Waals surface area contributed by atoms with Gasteiger partial charge in [0.05, 0.1) is 55.9 Å². The summed E-state index contributed by atoms with van der Waals surface area (Å²) in [6, 6.07) is 6.73. The lowest BCUT2D eigenvalue weighted by molar-refractivity contribution is -0.198. The number of methoxy groups -OCH3 is 6. The second-order valence-electron chi connectivity index (χ2n) is 7.57. The van der Waals surface area contributed by atoms with Gasteiger partial charge in [-0.3, -0.25) is 4.74 Å². The highest BCUT2D eigenvalue weighted by Gasteiger charge is 2.43. The molecular weight excluding hydrogens is 464 g/mol. The van der Waals surface area contributed by atoms with Crippen LogP contribution in [-0.4, -0.2) is 80.7 Å². The van der Waals surface area contributed by atoms with Crippen LogP contribution in [0.3, 0.4) is 0 Å². The zero-order chi connectivity index (χ0) is 24.9. The van der Waals surface area contributed by atoms with Gasteiger partial charge in [0.25, 0.3) is 0 Å². The van der Waals surface area contributed by atoms with Gasteiger partial charge in [0, 0.05) is 24.3 Å². The monoisotopic (exact) mass is 494 g/mol. The van der Waals surface area contributed by atoms with Crippen LogP contribution in [0.15, 0.2) is 24.3 Å². The first-order chi connectivity index (χ1) is 17.0. The van der Waals surface area contributed by atoms with Gasteiger partial charge in [-0.15, -0.1) is 0 Å². The summed E-state index contributed by atoms with van der Waals surface area (Å²) < 4.78 is 61.8. The minimum absolute atomic E-state index is 0.279. The van der Waals surface area contributed by atoms with Crippen LogP contribution in [0.25, 0.3) is 0 Å². The molecule has 2 aromatic carbocycles. The number of epoxide rings is 2. The van der Waals surface area contributed by atoms with E-state index in [-0.39, 0.29) is 12.2 Å². The zero-order valence-electron chi connectivity index (χ0n) is 20.5. The average Bonchev–Trinajstić information content (AvgIpc) is 3.79. The van der Waals surface area contributed by atoms with Gasteiger partial charge in [-0.25, -0.2) is 0 Å². The van der Waals surface area contributed by atoms with Crippen molar-refractivity contribution in [1.82, 2.24) is 0 Å². The van der Waals surface area contributed by atoms with Gasteiger partial charge >= 0.3 is 0 Å². The molecule has 2 aliphatic heterocycles. The van der Waals surface area contributed by atoms with Gasteiger partial charge in [-0.05, 0) is 0 Å². The van der Waals surface area contributed by atoms with Crippen molar-refractivity contribution in [2.24, 2.45) is 0 Å². The Labute approximate surface area is 203 Å². The van der Waals surface area contributed by atoms with E-state index in [0.717, 1.165) is 0 Å². The Kier molecular flexibility index (Phi) is 7.79. The number of rotatable bonds is 14. The minimum Gasteiger partial charge on any atom is -0.493 e. The first-order valence-corrected chi connectivity index (χ1v) is 10.9. The van der Waals surface area contributed by atoms with Crippen LogP contribution in [0, 0.1) is 0 Å². The molecule has 2 heterocycles.